The topological polar surface area (TPSA) is 95.7 Å². The Labute approximate surface area is 219 Å². The van der Waals surface area contributed by atoms with Gasteiger partial charge in [0.15, 0.2) is 0 Å². The average Bonchev–Trinajstić information content (AvgIpc) is 3.41. The fourth-order valence-electron chi connectivity index (χ4n) is 5.03. The molecular formula is C27H30F2N6O3. The molecule has 11 heteroatoms. The molecule has 2 aromatic heterocycles. The highest BCUT2D eigenvalue weighted by Gasteiger charge is 2.44. The van der Waals surface area contributed by atoms with Gasteiger partial charge in [-0.1, -0.05) is 6.07 Å². The van der Waals surface area contributed by atoms with Crippen LogP contribution in [0.25, 0.3) is 11.5 Å². The van der Waals surface area contributed by atoms with Crippen molar-refractivity contribution in [2.75, 3.05) is 31.1 Å². The molecule has 4 heterocycles. The van der Waals surface area contributed by atoms with Gasteiger partial charge in [-0.25, -0.2) is 0 Å². The van der Waals surface area contributed by atoms with Gasteiger partial charge in [0.1, 0.15) is 0 Å². The van der Waals surface area contributed by atoms with Crippen LogP contribution in [0.3, 0.4) is 0 Å². The number of halogens is 2. The lowest BCUT2D eigenvalue weighted by molar-refractivity contribution is -0.134. The van der Waals surface area contributed by atoms with E-state index in [0.29, 0.717) is 28.4 Å². The number of hydrogen-bond acceptors (Lipinski definition) is 8. The molecule has 0 aliphatic carbocycles. The molecule has 2 amide bonds. The number of rotatable bonds is 6. The van der Waals surface area contributed by atoms with Crippen LogP contribution >= 0.6 is 0 Å². The predicted molar refractivity (Wildman–Crippen MR) is 136 cm³/mol. The fourth-order valence-corrected chi connectivity index (χ4v) is 5.03. The van der Waals surface area contributed by atoms with Crippen molar-refractivity contribution in [2.24, 2.45) is 0 Å². The van der Waals surface area contributed by atoms with Crippen molar-refractivity contribution < 1.29 is 22.8 Å². The number of alkyl halides is 2. The Kier molecular flexibility index (Phi) is 6.72. The molecule has 0 spiro atoms. The highest BCUT2D eigenvalue weighted by Crippen LogP contribution is 2.37. The molecule has 200 valence electrons. The second kappa shape index (κ2) is 9.86. The molecule has 1 fully saturated rings. The van der Waals surface area contributed by atoms with E-state index in [1.807, 2.05) is 32.0 Å². The first-order chi connectivity index (χ1) is 18.1. The highest BCUT2D eigenvalue weighted by atomic mass is 19.3. The van der Waals surface area contributed by atoms with Gasteiger partial charge in [-0.3, -0.25) is 24.4 Å². The number of carbonyl (C=O) groups is 2. The summed E-state index contributed by atoms with van der Waals surface area (Å²) in [5.74, 6) is -1.52. The molecule has 0 radical (unpaired) electrons. The number of benzene rings is 1. The van der Waals surface area contributed by atoms with E-state index in [1.54, 1.807) is 12.1 Å². The van der Waals surface area contributed by atoms with Crippen LogP contribution in [0.5, 0.6) is 0 Å². The zero-order chi connectivity index (χ0) is 27.2. The van der Waals surface area contributed by atoms with Crippen LogP contribution in [0.15, 0.2) is 40.9 Å². The molecule has 9 nitrogen and oxygen atoms in total. The SMILES string of the molecule is CC(C)N1CCN(c2ccc3c(c2)C(=O)N(Cc2ccc(-c4nnc(C(F)F)o4)cn2)C(=O)C3(C)C)CC1. The molecule has 0 atom stereocenters. The molecule has 38 heavy (non-hydrogen) atoms. The first-order valence-corrected chi connectivity index (χ1v) is 12.6. The number of pyridine rings is 1. The average molecular weight is 525 g/mol. The maximum Gasteiger partial charge on any atom is 0.314 e. The molecule has 5 rings (SSSR count). The standard InChI is InChI=1S/C27H30F2N6O3/c1-16(2)33-9-11-34(12-10-33)19-7-8-21-20(13-19)25(36)35(26(37)27(21,3)4)15-18-6-5-17(14-30-18)23-31-32-24(38-23)22(28)29/h5-8,13-14,16,22H,9-12,15H2,1-4H3. The van der Waals surface area contributed by atoms with Crippen molar-refractivity contribution in [1.29, 1.82) is 0 Å². The minimum atomic E-state index is -2.86. The van der Waals surface area contributed by atoms with E-state index in [1.165, 1.54) is 11.1 Å². The van der Waals surface area contributed by atoms with Gasteiger partial charge in [0.2, 0.25) is 11.8 Å². The van der Waals surface area contributed by atoms with Gasteiger partial charge < -0.3 is 9.32 Å². The molecule has 1 aromatic carbocycles. The molecular weight excluding hydrogens is 494 g/mol. The fraction of sp³-hybridized carbons (Fsp3) is 0.444. The summed E-state index contributed by atoms with van der Waals surface area (Å²) in [6, 6.07) is 9.48. The van der Waals surface area contributed by atoms with Gasteiger partial charge in [-0.05, 0) is 57.5 Å². The van der Waals surface area contributed by atoms with Gasteiger partial charge in [-0.2, -0.15) is 8.78 Å². The van der Waals surface area contributed by atoms with Crippen LogP contribution in [-0.2, 0) is 16.8 Å². The minimum absolute atomic E-state index is 0.0236. The van der Waals surface area contributed by atoms with Gasteiger partial charge >= 0.3 is 6.43 Å². The van der Waals surface area contributed by atoms with E-state index in [0.717, 1.165) is 31.9 Å². The largest absolute Gasteiger partial charge is 0.415 e. The van der Waals surface area contributed by atoms with Crippen LogP contribution in [0.1, 0.15) is 61.6 Å². The lowest BCUT2D eigenvalue weighted by Gasteiger charge is -2.40. The summed E-state index contributed by atoms with van der Waals surface area (Å²) in [7, 11) is 0. The quantitative estimate of drug-likeness (QED) is 0.446. The van der Waals surface area contributed by atoms with Gasteiger partial charge in [0.25, 0.3) is 11.8 Å². The predicted octanol–water partition coefficient (Wildman–Crippen LogP) is 4.06. The van der Waals surface area contributed by atoms with Crippen LogP contribution in [-0.4, -0.2) is 69.0 Å². The Morgan fingerprint density at radius 2 is 1.76 bits per heavy atom. The van der Waals surface area contributed by atoms with Gasteiger partial charge in [-0.15, -0.1) is 10.2 Å². The number of carbonyl (C=O) groups excluding carboxylic acids is 2. The Bertz CT molecular complexity index is 1350. The number of anilines is 1. The maximum absolute atomic E-state index is 13.6. The van der Waals surface area contributed by atoms with E-state index < -0.39 is 17.7 Å². The second-order valence-corrected chi connectivity index (χ2v) is 10.5. The van der Waals surface area contributed by atoms with Crippen molar-refractivity contribution in [3.8, 4) is 11.5 Å². The third kappa shape index (κ3) is 4.66. The molecule has 2 aliphatic rings. The number of aromatic nitrogens is 3. The van der Waals surface area contributed by atoms with Crippen LogP contribution in [0.4, 0.5) is 14.5 Å². The van der Waals surface area contributed by atoms with E-state index in [9.17, 15) is 18.4 Å². The summed E-state index contributed by atoms with van der Waals surface area (Å²) in [5.41, 5.74) is 2.12. The Hall–Kier alpha value is -3.73. The lowest BCUT2D eigenvalue weighted by Crippen LogP contribution is -2.51. The zero-order valence-corrected chi connectivity index (χ0v) is 21.8. The number of hydrogen-bond donors (Lipinski definition) is 0. The van der Waals surface area contributed by atoms with Crippen molar-refractivity contribution >= 4 is 17.5 Å². The number of imide groups is 1. The number of piperazine rings is 1. The van der Waals surface area contributed by atoms with Crippen LogP contribution < -0.4 is 4.90 Å². The Morgan fingerprint density at radius 1 is 1.03 bits per heavy atom. The molecule has 1 saturated heterocycles. The maximum atomic E-state index is 13.6. The first-order valence-electron chi connectivity index (χ1n) is 12.6. The van der Waals surface area contributed by atoms with Gasteiger partial charge in [0, 0.05) is 49.7 Å². The lowest BCUT2D eigenvalue weighted by atomic mass is 9.77. The summed E-state index contributed by atoms with van der Waals surface area (Å²) >= 11 is 0. The van der Waals surface area contributed by atoms with Crippen LogP contribution in [0.2, 0.25) is 0 Å². The summed E-state index contributed by atoms with van der Waals surface area (Å²) in [6.07, 6.45) is -1.47. The van der Waals surface area contributed by atoms with Crippen LogP contribution in [0, 0.1) is 0 Å². The van der Waals surface area contributed by atoms with Crippen molar-refractivity contribution in [3.63, 3.8) is 0 Å². The zero-order valence-electron chi connectivity index (χ0n) is 21.8. The highest BCUT2D eigenvalue weighted by molar-refractivity contribution is 6.13. The molecule has 0 saturated carbocycles. The monoisotopic (exact) mass is 524 g/mol. The van der Waals surface area contributed by atoms with E-state index >= 15 is 0 Å². The number of nitrogens with zero attached hydrogens (tertiary/aromatic N) is 6. The summed E-state index contributed by atoms with van der Waals surface area (Å²) in [4.78, 5) is 37.3. The summed E-state index contributed by atoms with van der Waals surface area (Å²) in [5, 5.41) is 6.94. The second-order valence-electron chi connectivity index (χ2n) is 10.5. The summed E-state index contributed by atoms with van der Waals surface area (Å²) in [6.45, 7) is 11.6. The normalized spacial score (nSPS) is 18.0. The van der Waals surface area contributed by atoms with E-state index in [4.69, 9.17) is 4.42 Å². The van der Waals surface area contributed by atoms with Crippen molar-refractivity contribution in [3.05, 3.63) is 59.2 Å². The molecule has 3 aromatic rings. The van der Waals surface area contributed by atoms with E-state index in [2.05, 4.69) is 38.8 Å². The third-order valence-electron chi connectivity index (χ3n) is 7.36. The number of amides is 2. The first kappa shape index (κ1) is 25.9. The smallest absolute Gasteiger partial charge is 0.314 e. The Balaban J connectivity index is 1.37. The molecule has 0 bridgehead atoms. The summed E-state index contributed by atoms with van der Waals surface area (Å²) < 4.78 is 30.5. The van der Waals surface area contributed by atoms with Crippen molar-refractivity contribution in [1.82, 2.24) is 25.0 Å². The minimum Gasteiger partial charge on any atom is -0.415 e. The molecule has 0 unspecified atom stereocenters. The number of fused-ring (bicyclic) bond motifs is 1. The van der Waals surface area contributed by atoms with Crippen molar-refractivity contribution in [2.45, 2.75) is 52.1 Å². The Morgan fingerprint density at radius 3 is 2.37 bits per heavy atom. The van der Waals surface area contributed by atoms with Gasteiger partial charge in [0.05, 0.1) is 23.2 Å². The molecule has 2 aliphatic heterocycles. The third-order valence-corrected chi connectivity index (χ3v) is 7.36. The molecule has 0 N–H and O–H groups in total. The van der Waals surface area contributed by atoms with E-state index in [-0.39, 0.29) is 24.2 Å².